The van der Waals surface area contributed by atoms with Gasteiger partial charge in [-0.05, 0) is 37.1 Å². The van der Waals surface area contributed by atoms with Crippen molar-refractivity contribution in [3.8, 4) is 0 Å². The van der Waals surface area contributed by atoms with E-state index in [9.17, 15) is 24.2 Å². The van der Waals surface area contributed by atoms with Gasteiger partial charge in [0.2, 0.25) is 5.79 Å². The summed E-state index contributed by atoms with van der Waals surface area (Å²) in [6.07, 6.45) is 2.52. The van der Waals surface area contributed by atoms with E-state index in [-0.39, 0.29) is 37.4 Å². The van der Waals surface area contributed by atoms with Crippen LogP contribution in [0.4, 0.5) is 9.18 Å². The number of hydrogen-bond acceptors (Lipinski definition) is 7. The highest BCUT2D eigenvalue weighted by Crippen LogP contribution is 2.42. The fourth-order valence-electron chi connectivity index (χ4n) is 5.07. The first-order chi connectivity index (χ1) is 17.6. The third-order valence-electron chi connectivity index (χ3n) is 6.94. The summed E-state index contributed by atoms with van der Waals surface area (Å²) in [5.74, 6) is -2.98. The Kier molecular flexibility index (Phi) is 7.68. The Labute approximate surface area is 213 Å². The molecule has 0 aliphatic carbocycles. The normalized spacial score (nSPS) is 25.3. The summed E-state index contributed by atoms with van der Waals surface area (Å²) in [6, 6.07) is 3.95. The molecular formula is C23H33FN8O5. The maximum Gasteiger partial charge on any atom is 0.407 e. The van der Waals surface area contributed by atoms with Gasteiger partial charge in [0.05, 0.1) is 12.1 Å². The Morgan fingerprint density at radius 3 is 2.46 bits per heavy atom. The highest BCUT2D eigenvalue weighted by Gasteiger charge is 2.70. The number of ether oxygens (including phenoxy) is 1. The molecular weight excluding hydrogens is 487 g/mol. The van der Waals surface area contributed by atoms with E-state index in [4.69, 9.17) is 15.6 Å². The molecule has 14 heteroatoms. The summed E-state index contributed by atoms with van der Waals surface area (Å²) in [6.45, 7) is 0.960. The van der Waals surface area contributed by atoms with E-state index in [1.165, 1.54) is 29.2 Å². The fraction of sp³-hybridized carbons (Fsp3) is 0.565. The van der Waals surface area contributed by atoms with Crippen molar-refractivity contribution in [2.45, 2.75) is 55.6 Å². The predicted octanol–water partition coefficient (Wildman–Crippen LogP) is -0.672. The number of carbonyl (C=O) groups excluding carboxylic acids is 2. The number of halogens is 1. The monoisotopic (exact) mass is 520 g/mol. The lowest BCUT2D eigenvalue weighted by Crippen LogP contribution is -2.80. The minimum atomic E-state index is -2.19. The molecule has 3 heterocycles. The molecule has 3 saturated heterocycles. The number of amides is 2. The van der Waals surface area contributed by atoms with Gasteiger partial charge < -0.3 is 46.4 Å². The summed E-state index contributed by atoms with van der Waals surface area (Å²) in [7, 11) is 0. The zero-order valence-electron chi connectivity index (χ0n) is 20.3. The first-order valence-corrected chi connectivity index (χ1v) is 12.3. The van der Waals surface area contributed by atoms with E-state index < -0.39 is 35.4 Å². The summed E-state index contributed by atoms with van der Waals surface area (Å²) in [5.41, 5.74) is -1.10. The molecule has 202 valence electrons. The second-order valence-electron chi connectivity index (χ2n) is 9.41. The molecule has 1 aromatic rings. The highest BCUT2D eigenvalue weighted by molar-refractivity contribution is 5.94. The van der Waals surface area contributed by atoms with E-state index >= 15 is 0 Å². The minimum Gasteiger partial charge on any atom is -0.447 e. The standard InChI is InChI=1S/C23H33FN8O5/c24-15-7-5-14(6-8-15)18(33)27-10-3-1-2-4-11-28-21(34)37-13-16-17-23(31-19(25)30-17)22(35,36)9-12-32(23)20(26)29-16/h5-8,16-17,35-36H,1-4,9-13H2,(H2,26,29)(H,27,33)(H,28,34)(H3,25,30,31)/t16-,17-,23-/m0/s1. The van der Waals surface area contributed by atoms with Crippen LogP contribution in [0.3, 0.4) is 0 Å². The molecule has 3 atom stereocenters. The molecule has 1 spiro atoms. The van der Waals surface area contributed by atoms with E-state index in [1.807, 2.05) is 0 Å². The van der Waals surface area contributed by atoms with Crippen molar-refractivity contribution >= 4 is 23.9 Å². The fourth-order valence-corrected chi connectivity index (χ4v) is 5.07. The van der Waals surface area contributed by atoms with Crippen LogP contribution in [0.2, 0.25) is 0 Å². The van der Waals surface area contributed by atoms with Gasteiger partial charge in [-0.15, -0.1) is 0 Å². The number of guanidine groups is 2. The molecule has 9 N–H and O–H groups in total. The third-order valence-corrected chi connectivity index (χ3v) is 6.94. The molecule has 0 unspecified atom stereocenters. The number of hydrogen-bond donors (Lipinski definition) is 9. The van der Waals surface area contributed by atoms with Crippen LogP contribution >= 0.6 is 0 Å². The van der Waals surface area contributed by atoms with Crippen molar-refractivity contribution in [3.05, 3.63) is 35.6 Å². The third kappa shape index (κ3) is 5.39. The van der Waals surface area contributed by atoms with Crippen molar-refractivity contribution in [2.75, 3.05) is 26.2 Å². The van der Waals surface area contributed by atoms with Crippen LogP contribution in [0.5, 0.6) is 0 Å². The summed E-state index contributed by atoms with van der Waals surface area (Å²) >= 11 is 0. The molecule has 1 aromatic carbocycles. The molecule has 3 aliphatic rings. The van der Waals surface area contributed by atoms with Gasteiger partial charge >= 0.3 is 6.09 Å². The molecule has 3 aliphatic heterocycles. The van der Waals surface area contributed by atoms with Gasteiger partial charge in [-0.1, -0.05) is 12.8 Å². The SMILES string of the molecule is N=C1N[C@H]2[C@H](COC(=O)NCCCCCCNC(=O)c3ccc(F)cc3)NC(=N)N3CCC(O)(O)[C@]23N1. The molecule has 0 radical (unpaired) electrons. The average Bonchev–Trinajstić information content (AvgIpc) is 3.35. The van der Waals surface area contributed by atoms with Crippen LogP contribution in [0, 0.1) is 16.6 Å². The second-order valence-corrected chi connectivity index (χ2v) is 9.41. The highest BCUT2D eigenvalue weighted by atomic mass is 19.1. The zero-order chi connectivity index (χ0) is 26.6. The van der Waals surface area contributed by atoms with E-state index in [1.54, 1.807) is 0 Å². The minimum absolute atomic E-state index is 0.00972. The lowest BCUT2D eigenvalue weighted by atomic mass is 9.86. The van der Waals surface area contributed by atoms with Gasteiger partial charge in [0, 0.05) is 31.6 Å². The number of nitrogens with one attached hydrogen (secondary N) is 7. The smallest absolute Gasteiger partial charge is 0.407 e. The molecule has 2 amide bonds. The van der Waals surface area contributed by atoms with Crippen molar-refractivity contribution in [2.24, 2.45) is 0 Å². The van der Waals surface area contributed by atoms with Gasteiger partial charge in [-0.25, -0.2) is 9.18 Å². The van der Waals surface area contributed by atoms with E-state index in [0.29, 0.717) is 25.1 Å². The molecule has 3 fully saturated rings. The number of unbranched alkanes of at least 4 members (excludes halogenated alkanes) is 3. The Hall–Kier alpha value is -3.65. The van der Waals surface area contributed by atoms with Crippen LogP contribution in [-0.4, -0.2) is 88.8 Å². The lowest BCUT2D eigenvalue weighted by molar-refractivity contribution is -0.223. The Balaban J connectivity index is 1.12. The number of benzene rings is 1. The largest absolute Gasteiger partial charge is 0.447 e. The molecule has 0 saturated carbocycles. The molecule has 0 aromatic heterocycles. The van der Waals surface area contributed by atoms with Crippen LogP contribution in [0.25, 0.3) is 0 Å². The van der Waals surface area contributed by atoms with Gasteiger partial charge in [0.25, 0.3) is 5.91 Å². The van der Waals surface area contributed by atoms with Crippen LogP contribution < -0.4 is 26.6 Å². The second kappa shape index (κ2) is 10.8. The van der Waals surface area contributed by atoms with Gasteiger partial charge in [-0.3, -0.25) is 15.6 Å². The number of carbonyl (C=O) groups is 2. The van der Waals surface area contributed by atoms with Gasteiger partial charge in [-0.2, -0.15) is 0 Å². The van der Waals surface area contributed by atoms with Crippen LogP contribution in [-0.2, 0) is 4.74 Å². The Bertz CT molecular complexity index is 1040. The van der Waals surface area contributed by atoms with E-state index in [0.717, 1.165) is 19.3 Å². The first-order valence-electron chi connectivity index (χ1n) is 12.3. The van der Waals surface area contributed by atoms with Gasteiger partial charge in [0.1, 0.15) is 12.4 Å². The molecule has 4 rings (SSSR count). The van der Waals surface area contributed by atoms with Crippen molar-refractivity contribution in [3.63, 3.8) is 0 Å². The first kappa shape index (κ1) is 26.4. The predicted molar refractivity (Wildman–Crippen MR) is 130 cm³/mol. The quantitative estimate of drug-likeness (QED) is 0.142. The Morgan fingerprint density at radius 2 is 1.76 bits per heavy atom. The zero-order valence-corrected chi connectivity index (χ0v) is 20.3. The molecule has 13 nitrogen and oxygen atoms in total. The summed E-state index contributed by atoms with van der Waals surface area (Å²) in [4.78, 5) is 25.6. The maximum absolute atomic E-state index is 12.9. The average molecular weight is 521 g/mol. The van der Waals surface area contributed by atoms with Crippen molar-refractivity contribution in [1.82, 2.24) is 31.5 Å². The number of aliphatic hydroxyl groups is 2. The van der Waals surface area contributed by atoms with Crippen molar-refractivity contribution < 1.29 is 28.9 Å². The van der Waals surface area contributed by atoms with Crippen LogP contribution in [0.1, 0.15) is 42.5 Å². The molecule has 37 heavy (non-hydrogen) atoms. The summed E-state index contributed by atoms with van der Waals surface area (Å²) in [5, 5.41) is 51.5. The van der Waals surface area contributed by atoms with Gasteiger partial charge in [0.15, 0.2) is 17.6 Å². The topological polar surface area (TPSA) is 195 Å². The molecule has 0 bridgehead atoms. The van der Waals surface area contributed by atoms with Crippen molar-refractivity contribution in [1.29, 1.82) is 10.8 Å². The van der Waals surface area contributed by atoms with Crippen LogP contribution in [0.15, 0.2) is 24.3 Å². The number of rotatable bonds is 10. The Morgan fingerprint density at radius 1 is 1.08 bits per heavy atom. The summed E-state index contributed by atoms with van der Waals surface area (Å²) < 4.78 is 18.2. The maximum atomic E-state index is 12.9. The number of nitrogens with zero attached hydrogens (tertiary/aromatic N) is 1. The number of alkyl carbamates (subject to hydrolysis) is 1. The van der Waals surface area contributed by atoms with E-state index in [2.05, 4.69) is 26.6 Å². The lowest BCUT2D eigenvalue weighted by Gasteiger charge is -2.51.